The highest BCUT2D eigenvalue weighted by molar-refractivity contribution is 6.28. The molecule has 0 spiro atoms. The molecule has 2 rings (SSSR count). The summed E-state index contributed by atoms with van der Waals surface area (Å²) in [6.07, 6.45) is 0. The lowest BCUT2D eigenvalue weighted by atomic mass is 10.0. The number of likely N-dealkylation sites (tertiary alicyclic amines) is 1. The molecule has 0 bridgehead atoms. The van der Waals surface area contributed by atoms with Gasteiger partial charge in [0.1, 0.15) is 11.3 Å². The number of benzene rings is 1. The fourth-order valence-electron chi connectivity index (χ4n) is 2.18. The van der Waals surface area contributed by atoms with Gasteiger partial charge in [0.05, 0.1) is 6.54 Å². The molecule has 0 aromatic heterocycles. The molecule has 106 valence electrons. The molecule has 1 aliphatic heterocycles. The summed E-state index contributed by atoms with van der Waals surface area (Å²) in [4.78, 5) is 25.9. The van der Waals surface area contributed by atoms with Crippen molar-refractivity contribution in [3.05, 3.63) is 41.0 Å². The van der Waals surface area contributed by atoms with Crippen LogP contribution in [-0.2, 0) is 9.59 Å². The standard InChI is InChI=1S/C16H19NO3/c1-10-5-7-11(8-6-10)14(19)13-12(18)9-17(15(13)20)16(2,3)4/h5-8,19H,9H2,1-4H3/b14-13-. The van der Waals surface area contributed by atoms with Gasteiger partial charge >= 0.3 is 0 Å². The molecule has 1 N–H and O–H groups in total. The van der Waals surface area contributed by atoms with E-state index in [0.29, 0.717) is 5.56 Å². The number of ketones is 1. The van der Waals surface area contributed by atoms with Crippen LogP contribution >= 0.6 is 0 Å². The molecular formula is C16H19NO3. The monoisotopic (exact) mass is 273 g/mol. The Morgan fingerprint density at radius 2 is 1.70 bits per heavy atom. The van der Waals surface area contributed by atoms with Crippen molar-refractivity contribution in [2.24, 2.45) is 0 Å². The highest BCUT2D eigenvalue weighted by Gasteiger charge is 2.41. The van der Waals surface area contributed by atoms with Crippen molar-refractivity contribution in [1.29, 1.82) is 0 Å². The smallest absolute Gasteiger partial charge is 0.262 e. The van der Waals surface area contributed by atoms with Crippen LogP contribution in [0.2, 0.25) is 0 Å². The van der Waals surface area contributed by atoms with Crippen LogP contribution in [0.4, 0.5) is 0 Å². The fourth-order valence-corrected chi connectivity index (χ4v) is 2.18. The molecule has 4 heteroatoms. The van der Waals surface area contributed by atoms with E-state index in [1.807, 2.05) is 39.8 Å². The van der Waals surface area contributed by atoms with E-state index in [2.05, 4.69) is 0 Å². The van der Waals surface area contributed by atoms with E-state index < -0.39 is 11.4 Å². The first kappa shape index (κ1) is 14.3. The molecule has 0 unspecified atom stereocenters. The van der Waals surface area contributed by atoms with Crippen LogP contribution in [0.15, 0.2) is 29.8 Å². The van der Waals surface area contributed by atoms with E-state index >= 15 is 0 Å². The molecule has 1 aromatic carbocycles. The van der Waals surface area contributed by atoms with Gasteiger partial charge in [-0.2, -0.15) is 0 Å². The number of aliphatic hydroxyl groups excluding tert-OH is 1. The van der Waals surface area contributed by atoms with Gasteiger partial charge in [0.2, 0.25) is 0 Å². The molecule has 1 aromatic rings. The highest BCUT2D eigenvalue weighted by Crippen LogP contribution is 2.28. The minimum atomic E-state index is -0.442. The van der Waals surface area contributed by atoms with Crippen molar-refractivity contribution in [2.75, 3.05) is 6.54 Å². The van der Waals surface area contributed by atoms with Crippen molar-refractivity contribution in [3.8, 4) is 0 Å². The van der Waals surface area contributed by atoms with Crippen LogP contribution in [0, 0.1) is 6.92 Å². The Hall–Kier alpha value is -2.10. The van der Waals surface area contributed by atoms with Crippen LogP contribution in [0.5, 0.6) is 0 Å². The maximum atomic E-state index is 12.3. The lowest BCUT2D eigenvalue weighted by molar-refractivity contribution is -0.129. The molecule has 0 saturated carbocycles. The third kappa shape index (κ3) is 2.46. The van der Waals surface area contributed by atoms with E-state index in [9.17, 15) is 14.7 Å². The van der Waals surface area contributed by atoms with Crippen LogP contribution in [-0.4, -0.2) is 33.8 Å². The zero-order valence-corrected chi connectivity index (χ0v) is 12.2. The fraction of sp³-hybridized carbons (Fsp3) is 0.375. The van der Waals surface area contributed by atoms with Crippen LogP contribution in [0.3, 0.4) is 0 Å². The first-order valence-corrected chi connectivity index (χ1v) is 6.57. The van der Waals surface area contributed by atoms with Crippen molar-refractivity contribution >= 4 is 17.4 Å². The Labute approximate surface area is 118 Å². The lowest BCUT2D eigenvalue weighted by Crippen LogP contribution is -2.42. The van der Waals surface area contributed by atoms with Gasteiger partial charge in [-0.05, 0) is 27.7 Å². The summed E-state index contributed by atoms with van der Waals surface area (Å²) in [7, 11) is 0. The van der Waals surface area contributed by atoms with Crippen LogP contribution in [0.25, 0.3) is 5.76 Å². The van der Waals surface area contributed by atoms with Gasteiger partial charge in [-0.25, -0.2) is 0 Å². The molecule has 0 radical (unpaired) electrons. The quantitative estimate of drug-likeness (QED) is 0.486. The van der Waals surface area contributed by atoms with Gasteiger partial charge < -0.3 is 10.0 Å². The van der Waals surface area contributed by atoms with Crippen molar-refractivity contribution < 1.29 is 14.7 Å². The number of rotatable bonds is 1. The van der Waals surface area contributed by atoms with E-state index in [-0.39, 0.29) is 23.7 Å². The van der Waals surface area contributed by atoms with Crippen molar-refractivity contribution in [3.63, 3.8) is 0 Å². The Balaban J connectivity index is 2.45. The molecule has 1 heterocycles. The third-order valence-corrected chi connectivity index (χ3v) is 3.41. The average molecular weight is 273 g/mol. The normalized spacial score (nSPS) is 18.7. The molecule has 4 nitrogen and oxygen atoms in total. The first-order valence-electron chi connectivity index (χ1n) is 6.57. The maximum absolute atomic E-state index is 12.3. The summed E-state index contributed by atoms with van der Waals surface area (Å²) in [5.41, 5.74) is 0.987. The van der Waals surface area contributed by atoms with Crippen LogP contribution < -0.4 is 0 Å². The number of Topliss-reactive ketones (excluding diaryl/α,β-unsaturated/α-hetero) is 1. The second-order valence-electron chi connectivity index (χ2n) is 6.07. The van der Waals surface area contributed by atoms with E-state index in [4.69, 9.17) is 0 Å². The Bertz CT molecular complexity index is 591. The minimum absolute atomic E-state index is 0.0214. The van der Waals surface area contributed by atoms with E-state index in [0.717, 1.165) is 5.56 Å². The van der Waals surface area contributed by atoms with Crippen molar-refractivity contribution in [1.82, 2.24) is 4.90 Å². The Morgan fingerprint density at radius 3 is 2.15 bits per heavy atom. The summed E-state index contributed by atoms with van der Waals surface area (Å²) in [5.74, 6) is -0.963. The zero-order valence-electron chi connectivity index (χ0n) is 12.2. The molecular weight excluding hydrogens is 254 g/mol. The van der Waals surface area contributed by atoms with E-state index in [1.165, 1.54) is 4.90 Å². The molecule has 0 aliphatic carbocycles. The molecule has 1 amide bonds. The van der Waals surface area contributed by atoms with Crippen LogP contribution in [0.1, 0.15) is 31.9 Å². The van der Waals surface area contributed by atoms with Gasteiger partial charge in [-0.1, -0.05) is 29.8 Å². The molecule has 20 heavy (non-hydrogen) atoms. The average Bonchev–Trinajstić information content (AvgIpc) is 2.65. The largest absolute Gasteiger partial charge is 0.506 e. The maximum Gasteiger partial charge on any atom is 0.262 e. The van der Waals surface area contributed by atoms with Gasteiger partial charge in [0.15, 0.2) is 5.78 Å². The molecule has 1 saturated heterocycles. The number of amides is 1. The van der Waals surface area contributed by atoms with Gasteiger partial charge in [-0.15, -0.1) is 0 Å². The van der Waals surface area contributed by atoms with Gasteiger partial charge in [0.25, 0.3) is 5.91 Å². The number of carbonyl (C=O) groups is 2. The number of aliphatic hydroxyl groups is 1. The van der Waals surface area contributed by atoms with Crippen molar-refractivity contribution in [2.45, 2.75) is 33.2 Å². The molecule has 1 aliphatic rings. The third-order valence-electron chi connectivity index (χ3n) is 3.41. The predicted molar refractivity (Wildman–Crippen MR) is 77.2 cm³/mol. The van der Waals surface area contributed by atoms with Gasteiger partial charge in [-0.3, -0.25) is 9.59 Å². The number of hydrogen-bond donors (Lipinski definition) is 1. The lowest BCUT2D eigenvalue weighted by Gasteiger charge is -2.30. The highest BCUT2D eigenvalue weighted by atomic mass is 16.3. The summed E-state index contributed by atoms with van der Waals surface area (Å²) in [6, 6.07) is 7.07. The molecule has 1 fully saturated rings. The Morgan fingerprint density at radius 1 is 1.15 bits per heavy atom. The predicted octanol–water partition coefficient (Wildman–Crippen LogP) is 2.47. The number of carbonyl (C=O) groups excluding carboxylic acids is 2. The van der Waals surface area contributed by atoms with Gasteiger partial charge in [0, 0.05) is 11.1 Å². The molecule has 0 atom stereocenters. The SMILES string of the molecule is Cc1ccc(/C(O)=C2\C(=O)CN(C(C)(C)C)C2=O)cc1. The second kappa shape index (κ2) is 4.78. The van der Waals surface area contributed by atoms with E-state index in [1.54, 1.807) is 12.1 Å². The Kier molecular flexibility index (Phi) is 3.42. The summed E-state index contributed by atoms with van der Waals surface area (Å²) < 4.78 is 0. The minimum Gasteiger partial charge on any atom is -0.506 e. The topological polar surface area (TPSA) is 57.6 Å². The summed E-state index contributed by atoms with van der Waals surface area (Å²) in [6.45, 7) is 7.55. The second-order valence-corrected chi connectivity index (χ2v) is 6.07. The summed E-state index contributed by atoms with van der Waals surface area (Å²) >= 11 is 0. The zero-order chi connectivity index (χ0) is 15.1. The first-order chi connectivity index (χ1) is 9.21. The number of aryl methyl sites for hydroxylation is 1. The summed E-state index contributed by atoms with van der Waals surface area (Å²) in [5, 5.41) is 10.2. The number of hydrogen-bond acceptors (Lipinski definition) is 3. The number of nitrogens with zero attached hydrogens (tertiary/aromatic N) is 1.